The summed E-state index contributed by atoms with van der Waals surface area (Å²) in [5.41, 5.74) is -0.441. The van der Waals surface area contributed by atoms with Crippen LogP contribution in [0.5, 0.6) is 0 Å². The van der Waals surface area contributed by atoms with E-state index in [1.165, 1.54) is 17.0 Å². The van der Waals surface area contributed by atoms with Gasteiger partial charge in [-0.2, -0.15) is 13.2 Å². The van der Waals surface area contributed by atoms with E-state index in [4.69, 9.17) is 0 Å². The van der Waals surface area contributed by atoms with Crippen molar-refractivity contribution in [2.24, 2.45) is 0 Å². The molecule has 20 heavy (non-hydrogen) atoms. The van der Waals surface area contributed by atoms with Crippen LogP contribution in [0.15, 0.2) is 24.3 Å². The van der Waals surface area contributed by atoms with Crippen LogP contribution in [0.1, 0.15) is 11.1 Å². The zero-order chi connectivity index (χ0) is 15.2. The molecule has 0 saturated carbocycles. The van der Waals surface area contributed by atoms with Gasteiger partial charge in [-0.3, -0.25) is 0 Å². The summed E-state index contributed by atoms with van der Waals surface area (Å²) in [4.78, 5) is 12.6. The average Bonchev–Trinajstić information content (AvgIpc) is 2.37. The third-order valence-electron chi connectivity index (χ3n) is 2.62. The minimum Gasteiger partial charge on any atom is -0.337 e. The van der Waals surface area contributed by atoms with Gasteiger partial charge >= 0.3 is 12.2 Å². The van der Waals surface area contributed by atoms with E-state index >= 15 is 0 Å². The maximum atomic E-state index is 12.7. The van der Waals surface area contributed by atoms with Gasteiger partial charge in [0.1, 0.15) is 0 Å². The lowest BCUT2D eigenvalue weighted by atomic mass is 10.1. The Bertz CT molecular complexity index is 447. The number of alkyl halides is 3. The van der Waals surface area contributed by atoms with E-state index in [-0.39, 0.29) is 18.1 Å². The first-order chi connectivity index (χ1) is 9.32. The first-order valence-corrected chi connectivity index (χ1v) is 6.13. The fourth-order valence-corrected chi connectivity index (χ4v) is 1.59. The van der Waals surface area contributed by atoms with Crippen molar-refractivity contribution >= 4 is 6.03 Å². The normalized spacial score (nSPS) is 11.2. The molecule has 1 rings (SSSR count). The lowest BCUT2D eigenvalue weighted by Gasteiger charge is -2.14. The molecule has 0 fully saturated rings. The van der Waals surface area contributed by atoms with Gasteiger partial charge in [-0.15, -0.1) is 0 Å². The molecule has 2 N–H and O–H groups in total. The lowest BCUT2D eigenvalue weighted by molar-refractivity contribution is -0.138. The minimum atomic E-state index is -4.35. The molecular formula is C13H18F3N3O. The van der Waals surface area contributed by atoms with Crippen molar-refractivity contribution in [2.45, 2.75) is 12.7 Å². The molecule has 0 heterocycles. The number of rotatable bonds is 5. The smallest absolute Gasteiger partial charge is 0.337 e. The Morgan fingerprint density at radius 3 is 2.45 bits per heavy atom. The molecule has 0 saturated heterocycles. The Labute approximate surface area is 116 Å². The van der Waals surface area contributed by atoms with Crippen molar-refractivity contribution in [3.8, 4) is 0 Å². The first kappa shape index (κ1) is 16.3. The molecule has 0 spiro atoms. The van der Waals surface area contributed by atoms with E-state index in [1.807, 2.05) is 0 Å². The standard InChI is InChI=1S/C13H18F3N3O/c1-19(2)12(20)18-8-7-17-9-10-5-3-4-6-11(10)13(14,15)16/h3-6,17H,7-9H2,1-2H3,(H,18,20). The SMILES string of the molecule is CN(C)C(=O)NCCNCc1ccccc1C(F)(F)F. The van der Waals surface area contributed by atoms with Crippen LogP contribution in [-0.4, -0.2) is 38.1 Å². The van der Waals surface area contributed by atoms with E-state index < -0.39 is 11.7 Å². The second kappa shape index (κ2) is 7.14. The fraction of sp³-hybridized carbons (Fsp3) is 0.462. The Kier molecular flexibility index (Phi) is 5.82. The minimum absolute atomic E-state index is 0.105. The van der Waals surface area contributed by atoms with Crippen LogP contribution in [0.4, 0.5) is 18.0 Å². The van der Waals surface area contributed by atoms with E-state index in [1.54, 1.807) is 20.2 Å². The molecule has 1 aromatic rings. The summed E-state index contributed by atoms with van der Waals surface area (Å²) >= 11 is 0. The molecule has 2 amide bonds. The maximum absolute atomic E-state index is 12.7. The summed E-state index contributed by atoms with van der Waals surface area (Å²) < 4.78 is 38.2. The largest absolute Gasteiger partial charge is 0.416 e. The quantitative estimate of drug-likeness (QED) is 0.815. The van der Waals surface area contributed by atoms with Crippen molar-refractivity contribution in [2.75, 3.05) is 27.2 Å². The van der Waals surface area contributed by atoms with Crippen LogP contribution in [0.25, 0.3) is 0 Å². The van der Waals surface area contributed by atoms with Gasteiger partial charge in [-0.05, 0) is 11.6 Å². The Morgan fingerprint density at radius 2 is 1.85 bits per heavy atom. The lowest BCUT2D eigenvalue weighted by Crippen LogP contribution is -2.38. The number of hydrogen-bond donors (Lipinski definition) is 2. The number of carbonyl (C=O) groups is 1. The molecule has 1 aromatic carbocycles. The van der Waals surface area contributed by atoms with Gasteiger partial charge in [0.15, 0.2) is 0 Å². The zero-order valence-corrected chi connectivity index (χ0v) is 11.4. The molecule has 0 aliphatic heterocycles. The van der Waals surface area contributed by atoms with Crippen LogP contribution < -0.4 is 10.6 Å². The highest BCUT2D eigenvalue weighted by atomic mass is 19.4. The molecule has 112 valence electrons. The highest BCUT2D eigenvalue weighted by Gasteiger charge is 2.32. The Balaban J connectivity index is 2.42. The van der Waals surface area contributed by atoms with Crippen LogP contribution >= 0.6 is 0 Å². The molecule has 7 heteroatoms. The summed E-state index contributed by atoms with van der Waals surface area (Å²) in [6.07, 6.45) is -4.35. The summed E-state index contributed by atoms with van der Waals surface area (Å²) in [7, 11) is 3.23. The van der Waals surface area contributed by atoms with Gasteiger partial charge in [0, 0.05) is 33.7 Å². The van der Waals surface area contributed by atoms with Crippen molar-refractivity contribution in [3.63, 3.8) is 0 Å². The van der Waals surface area contributed by atoms with Gasteiger partial charge in [-0.25, -0.2) is 4.79 Å². The summed E-state index contributed by atoms with van der Waals surface area (Å²) in [5, 5.41) is 5.49. The van der Waals surface area contributed by atoms with Crippen LogP contribution in [0.2, 0.25) is 0 Å². The number of hydrogen-bond acceptors (Lipinski definition) is 2. The highest BCUT2D eigenvalue weighted by molar-refractivity contribution is 5.73. The molecular weight excluding hydrogens is 271 g/mol. The predicted molar refractivity (Wildman–Crippen MR) is 70.2 cm³/mol. The maximum Gasteiger partial charge on any atom is 0.416 e. The molecule has 0 aliphatic rings. The Morgan fingerprint density at radius 1 is 1.20 bits per heavy atom. The topological polar surface area (TPSA) is 44.4 Å². The Hall–Kier alpha value is -1.76. The summed E-state index contributed by atoms with van der Waals surface area (Å²) in [5.74, 6) is 0. The number of amides is 2. The van der Waals surface area contributed by atoms with Crippen LogP contribution in [-0.2, 0) is 12.7 Å². The monoisotopic (exact) mass is 289 g/mol. The summed E-state index contributed by atoms with van der Waals surface area (Å²) in [6, 6.07) is 5.20. The van der Waals surface area contributed by atoms with Crippen molar-refractivity contribution in [1.29, 1.82) is 0 Å². The number of benzene rings is 1. The van der Waals surface area contributed by atoms with E-state index in [2.05, 4.69) is 10.6 Å². The van der Waals surface area contributed by atoms with Gasteiger partial charge in [-0.1, -0.05) is 18.2 Å². The van der Waals surface area contributed by atoms with E-state index in [0.29, 0.717) is 13.1 Å². The molecule has 0 radical (unpaired) electrons. The number of urea groups is 1. The molecule has 0 bridgehead atoms. The number of halogens is 3. The molecule has 4 nitrogen and oxygen atoms in total. The first-order valence-electron chi connectivity index (χ1n) is 6.13. The summed E-state index contributed by atoms with van der Waals surface area (Å²) in [6.45, 7) is 0.852. The van der Waals surface area contributed by atoms with Crippen LogP contribution in [0.3, 0.4) is 0 Å². The molecule has 0 aliphatic carbocycles. The van der Waals surface area contributed by atoms with Crippen molar-refractivity contribution in [3.05, 3.63) is 35.4 Å². The van der Waals surface area contributed by atoms with Gasteiger partial charge in [0.25, 0.3) is 0 Å². The van der Waals surface area contributed by atoms with Gasteiger partial charge in [0.05, 0.1) is 5.56 Å². The molecule has 0 atom stereocenters. The predicted octanol–water partition coefficient (Wildman–Crippen LogP) is 2.07. The average molecular weight is 289 g/mol. The van der Waals surface area contributed by atoms with Gasteiger partial charge in [0.2, 0.25) is 0 Å². The van der Waals surface area contributed by atoms with Crippen molar-refractivity contribution in [1.82, 2.24) is 15.5 Å². The third kappa shape index (κ3) is 5.08. The second-order valence-electron chi connectivity index (χ2n) is 4.46. The highest BCUT2D eigenvalue weighted by Crippen LogP contribution is 2.31. The van der Waals surface area contributed by atoms with Crippen LogP contribution in [0, 0.1) is 0 Å². The van der Waals surface area contributed by atoms with E-state index in [9.17, 15) is 18.0 Å². The third-order valence-corrected chi connectivity index (χ3v) is 2.62. The second-order valence-corrected chi connectivity index (χ2v) is 4.46. The molecule has 0 aromatic heterocycles. The number of nitrogens with zero attached hydrogens (tertiary/aromatic N) is 1. The van der Waals surface area contributed by atoms with E-state index in [0.717, 1.165) is 6.07 Å². The number of carbonyl (C=O) groups excluding carboxylic acids is 1. The fourth-order valence-electron chi connectivity index (χ4n) is 1.59. The molecule has 0 unspecified atom stereocenters. The van der Waals surface area contributed by atoms with Gasteiger partial charge < -0.3 is 15.5 Å². The number of nitrogens with one attached hydrogen (secondary N) is 2. The zero-order valence-electron chi connectivity index (χ0n) is 11.4. The van der Waals surface area contributed by atoms with Crippen molar-refractivity contribution < 1.29 is 18.0 Å².